The number of rotatable bonds is 3. The monoisotopic (exact) mass is 406 g/mol. The van der Waals surface area contributed by atoms with Crippen LogP contribution in [0.15, 0.2) is 41.0 Å². The van der Waals surface area contributed by atoms with Crippen LogP contribution in [0.1, 0.15) is 48.5 Å². The Balaban J connectivity index is 1.29. The van der Waals surface area contributed by atoms with Gasteiger partial charge in [-0.3, -0.25) is 9.59 Å². The average molecular weight is 406 g/mol. The molecular formula is C23H26N4O3. The number of imidazole rings is 1. The number of hydrogen-bond acceptors (Lipinski definition) is 4. The normalized spacial score (nSPS) is 19.3. The lowest BCUT2D eigenvalue weighted by atomic mass is 9.96. The number of aromatic nitrogens is 2. The van der Waals surface area contributed by atoms with Gasteiger partial charge in [0.15, 0.2) is 5.76 Å². The van der Waals surface area contributed by atoms with E-state index in [2.05, 4.69) is 16.0 Å². The van der Waals surface area contributed by atoms with Gasteiger partial charge in [-0.15, -0.1) is 0 Å². The Bertz CT molecular complexity index is 1070. The van der Waals surface area contributed by atoms with E-state index in [1.54, 1.807) is 17.0 Å². The van der Waals surface area contributed by atoms with Gasteiger partial charge >= 0.3 is 0 Å². The number of fused-ring (bicyclic) bond motifs is 3. The molecule has 2 amide bonds. The summed E-state index contributed by atoms with van der Waals surface area (Å²) in [4.78, 5) is 32.0. The summed E-state index contributed by atoms with van der Waals surface area (Å²) >= 11 is 0. The molecule has 30 heavy (non-hydrogen) atoms. The van der Waals surface area contributed by atoms with Crippen LogP contribution in [0.5, 0.6) is 0 Å². The van der Waals surface area contributed by atoms with Crippen molar-refractivity contribution >= 4 is 28.5 Å². The molecule has 156 valence electrons. The van der Waals surface area contributed by atoms with Crippen LogP contribution in [-0.2, 0) is 17.8 Å². The molecule has 4 heterocycles. The molecule has 0 saturated carbocycles. The summed E-state index contributed by atoms with van der Waals surface area (Å²) in [6, 6.07) is 9.33. The van der Waals surface area contributed by atoms with Gasteiger partial charge in [0.25, 0.3) is 5.91 Å². The van der Waals surface area contributed by atoms with Crippen LogP contribution >= 0.6 is 0 Å². The largest absolute Gasteiger partial charge is 0.459 e. The van der Waals surface area contributed by atoms with Gasteiger partial charge in [0, 0.05) is 31.7 Å². The van der Waals surface area contributed by atoms with E-state index in [-0.39, 0.29) is 17.7 Å². The second-order valence-electron chi connectivity index (χ2n) is 8.25. The second kappa shape index (κ2) is 7.97. The van der Waals surface area contributed by atoms with Crippen molar-refractivity contribution in [1.82, 2.24) is 14.5 Å². The molecule has 1 saturated heterocycles. The predicted molar refractivity (Wildman–Crippen MR) is 113 cm³/mol. The van der Waals surface area contributed by atoms with Gasteiger partial charge in [0.2, 0.25) is 5.91 Å². The van der Waals surface area contributed by atoms with Gasteiger partial charge in [0.05, 0.1) is 23.2 Å². The number of amides is 2. The smallest absolute Gasteiger partial charge is 0.289 e. The highest BCUT2D eigenvalue weighted by atomic mass is 16.3. The summed E-state index contributed by atoms with van der Waals surface area (Å²) in [5.41, 5.74) is 2.83. The number of carbonyl (C=O) groups excluding carboxylic acids is 2. The molecule has 3 aromatic rings. The topological polar surface area (TPSA) is 80.4 Å². The van der Waals surface area contributed by atoms with Gasteiger partial charge in [-0.2, -0.15) is 0 Å². The molecule has 0 radical (unpaired) electrons. The number of nitrogens with one attached hydrogen (secondary N) is 1. The highest BCUT2D eigenvalue weighted by Gasteiger charge is 2.30. The van der Waals surface area contributed by atoms with E-state index in [1.165, 1.54) is 25.5 Å². The molecule has 1 atom stereocenters. The summed E-state index contributed by atoms with van der Waals surface area (Å²) in [5, 5.41) is 3.04. The van der Waals surface area contributed by atoms with Crippen LogP contribution in [0.2, 0.25) is 0 Å². The molecule has 1 aromatic carbocycles. The Labute approximate surface area is 175 Å². The summed E-state index contributed by atoms with van der Waals surface area (Å²) in [5.74, 6) is 1.03. The summed E-state index contributed by atoms with van der Waals surface area (Å²) in [7, 11) is 0. The van der Waals surface area contributed by atoms with Crippen LogP contribution in [0.25, 0.3) is 11.0 Å². The van der Waals surface area contributed by atoms with Crippen LogP contribution in [0.4, 0.5) is 5.69 Å². The maximum atomic E-state index is 12.9. The highest BCUT2D eigenvalue weighted by Crippen LogP contribution is 2.26. The zero-order chi connectivity index (χ0) is 20.5. The van der Waals surface area contributed by atoms with E-state index in [9.17, 15) is 9.59 Å². The van der Waals surface area contributed by atoms with Gasteiger partial charge in [0.1, 0.15) is 5.82 Å². The van der Waals surface area contributed by atoms with Gasteiger partial charge < -0.3 is 19.2 Å². The minimum atomic E-state index is -0.230. The molecule has 5 rings (SSSR count). The Morgan fingerprint density at radius 1 is 1.10 bits per heavy atom. The number of hydrogen-bond donors (Lipinski definition) is 1. The Hall–Kier alpha value is -3.09. The Morgan fingerprint density at radius 3 is 2.90 bits per heavy atom. The van der Waals surface area contributed by atoms with E-state index < -0.39 is 0 Å². The van der Waals surface area contributed by atoms with Crippen molar-refractivity contribution in [1.29, 1.82) is 0 Å². The van der Waals surface area contributed by atoms with Crippen LogP contribution < -0.4 is 5.32 Å². The van der Waals surface area contributed by atoms with E-state index >= 15 is 0 Å². The zero-order valence-corrected chi connectivity index (χ0v) is 17.0. The lowest BCUT2D eigenvalue weighted by Crippen LogP contribution is -2.43. The number of carbonyl (C=O) groups is 2. The number of benzene rings is 1. The first-order valence-electron chi connectivity index (χ1n) is 10.8. The molecule has 1 N–H and O–H groups in total. The summed E-state index contributed by atoms with van der Waals surface area (Å²) in [6.07, 6.45) is 7.70. The van der Waals surface area contributed by atoms with Crippen molar-refractivity contribution in [3.05, 3.63) is 48.2 Å². The van der Waals surface area contributed by atoms with Gasteiger partial charge in [-0.05, 0) is 56.0 Å². The van der Waals surface area contributed by atoms with Gasteiger partial charge in [-0.25, -0.2) is 4.98 Å². The lowest BCUT2D eigenvalue weighted by molar-refractivity contribution is -0.121. The van der Waals surface area contributed by atoms with Crippen molar-refractivity contribution in [2.24, 2.45) is 5.92 Å². The molecule has 1 fully saturated rings. The quantitative estimate of drug-likeness (QED) is 0.717. The molecule has 2 aliphatic heterocycles. The maximum absolute atomic E-state index is 12.9. The first-order valence-corrected chi connectivity index (χ1v) is 10.8. The van der Waals surface area contributed by atoms with Gasteiger partial charge in [-0.1, -0.05) is 6.42 Å². The second-order valence-corrected chi connectivity index (χ2v) is 8.25. The Kier molecular flexibility index (Phi) is 5.02. The summed E-state index contributed by atoms with van der Waals surface area (Å²) in [6.45, 7) is 2.07. The average Bonchev–Trinajstić information content (AvgIpc) is 3.36. The van der Waals surface area contributed by atoms with E-state index in [0.717, 1.165) is 48.4 Å². The van der Waals surface area contributed by atoms with E-state index in [1.807, 2.05) is 12.1 Å². The minimum absolute atomic E-state index is 0.0490. The predicted octanol–water partition coefficient (Wildman–Crippen LogP) is 3.85. The summed E-state index contributed by atoms with van der Waals surface area (Å²) < 4.78 is 7.54. The molecule has 7 nitrogen and oxygen atoms in total. The Morgan fingerprint density at radius 2 is 2.03 bits per heavy atom. The maximum Gasteiger partial charge on any atom is 0.289 e. The third-order valence-corrected chi connectivity index (χ3v) is 6.19. The van der Waals surface area contributed by atoms with Crippen molar-refractivity contribution < 1.29 is 14.0 Å². The number of anilines is 1. The number of nitrogens with zero attached hydrogens (tertiary/aromatic N) is 3. The SMILES string of the molecule is O=C(Nc1ccc2c(c1)nc1n2CCCCC1)C1CCCN(C(=O)c2ccco2)C1. The van der Waals surface area contributed by atoms with Crippen LogP contribution in [0.3, 0.4) is 0 Å². The molecule has 1 unspecified atom stereocenters. The van der Waals surface area contributed by atoms with E-state index in [0.29, 0.717) is 18.8 Å². The molecule has 7 heteroatoms. The third-order valence-electron chi connectivity index (χ3n) is 6.19. The van der Waals surface area contributed by atoms with Crippen LogP contribution in [-0.4, -0.2) is 39.4 Å². The number of likely N-dealkylation sites (tertiary alicyclic amines) is 1. The molecular weight excluding hydrogens is 380 g/mol. The van der Waals surface area contributed by atoms with Crippen molar-refractivity contribution in [3.63, 3.8) is 0 Å². The fraction of sp³-hybridized carbons (Fsp3) is 0.435. The standard InChI is InChI=1S/C23H26N4O3/c28-22(16-6-4-11-26(15-16)23(29)20-7-5-13-30-20)24-17-9-10-19-18(14-17)25-21-8-2-1-3-12-27(19)21/h5,7,9-10,13-14,16H,1-4,6,8,11-12,15H2,(H,24,28). The number of aryl methyl sites for hydroxylation is 2. The highest BCUT2D eigenvalue weighted by molar-refractivity contribution is 5.96. The molecule has 2 aliphatic rings. The van der Waals surface area contributed by atoms with E-state index in [4.69, 9.17) is 9.40 Å². The van der Waals surface area contributed by atoms with Crippen LogP contribution in [0, 0.1) is 5.92 Å². The van der Waals surface area contributed by atoms with Crippen molar-refractivity contribution in [2.75, 3.05) is 18.4 Å². The lowest BCUT2D eigenvalue weighted by Gasteiger charge is -2.31. The first kappa shape index (κ1) is 18.9. The number of furan rings is 1. The fourth-order valence-corrected chi connectivity index (χ4v) is 4.60. The molecule has 0 spiro atoms. The number of piperidine rings is 1. The zero-order valence-electron chi connectivity index (χ0n) is 17.0. The molecule has 2 aromatic heterocycles. The van der Waals surface area contributed by atoms with Crippen molar-refractivity contribution in [2.45, 2.75) is 45.1 Å². The first-order chi connectivity index (χ1) is 14.7. The third kappa shape index (κ3) is 3.60. The molecule has 0 aliphatic carbocycles. The fourth-order valence-electron chi connectivity index (χ4n) is 4.60. The minimum Gasteiger partial charge on any atom is -0.459 e. The molecule has 0 bridgehead atoms. The van der Waals surface area contributed by atoms with Crippen molar-refractivity contribution in [3.8, 4) is 0 Å².